The highest BCUT2D eigenvalue weighted by molar-refractivity contribution is 7.17. The van der Waals surface area contributed by atoms with Gasteiger partial charge < -0.3 is 10.6 Å². The number of amides is 1. The van der Waals surface area contributed by atoms with Crippen LogP contribution in [-0.4, -0.2) is 20.9 Å². The Morgan fingerprint density at radius 2 is 2.20 bits per heavy atom. The van der Waals surface area contributed by atoms with E-state index in [1.165, 1.54) is 29.9 Å². The van der Waals surface area contributed by atoms with Crippen molar-refractivity contribution in [1.82, 2.24) is 15.0 Å². The molecule has 9 heteroatoms. The Labute approximate surface area is 159 Å². The van der Waals surface area contributed by atoms with Gasteiger partial charge in [0.25, 0.3) is 5.91 Å². The summed E-state index contributed by atoms with van der Waals surface area (Å²) in [5.74, 6) is 0.490. The van der Waals surface area contributed by atoms with Crippen molar-refractivity contribution in [3.63, 3.8) is 0 Å². The molecule has 0 saturated heterocycles. The molecule has 2 heterocycles. The highest BCUT2D eigenvalue weighted by Crippen LogP contribution is 2.27. The molecule has 2 N–H and O–H groups in total. The fourth-order valence-electron chi connectivity index (χ4n) is 1.99. The number of carbonyl (C=O) groups is 1. The van der Waals surface area contributed by atoms with Crippen molar-refractivity contribution in [3.05, 3.63) is 57.9 Å². The molecule has 1 aromatic carbocycles. The van der Waals surface area contributed by atoms with Crippen LogP contribution >= 0.6 is 34.5 Å². The second-order valence-corrected chi connectivity index (χ2v) is 6.70. The molecule has 0 spiro atoms. The molecule has 0 aliphatic heterocycles. The minimum atomic E-state index is -0.331. The lowest BCUT2D eigenvalue weighted by Gasteiger charge is -2.08. The van der Waals surface area contributed by atoms with Crippen LogP contribution in [0.5, 0.6) is 0 Å². The summed E-state index contributed by atoms with van der Waals surface area (Å²) in [6.45, 7) is 1.78. The molecule has 0 atom stereocenters. The van der Waals surface area contributed by atoms with E-state index in [-0.39, 0.29) is 17.8 Å². The normalized spacial score (nSPS) is 11.1. The minimum absolute atomic E-state index is 0.278. The summed E-state index contributed by atoms with van der Waals surface area (Å²) < 4.78 is 7.63. The van der Waals surface area contributed by atoms with Crippen molar-refractivity contribution in [2.24, 2.45) is 0 Å². The van der Waals surface area contributed by atoms with Gasteiger partial charge in [-0.1, -0.05) is 35.0 Å². The molecule has 0 aliphatic carbocycles. The summed E-state index contributed by atoms with van der Waals surface area (Å²) in [6, 6.07) is 5.11. The highest BCUT2D eigenvalue weighted by Gasteiger charge is 2.14. The lowest BCUT2D eigenvalue weighted by atomic mass is 10.2. The Morgan fingerprint density at radius 1 is 1.36 bits per heavy atom. The number of aryl methyl sites for hydroxylation is 1. The second-order valence-electron chi connectivity index (χ2n) is 5.00. The van der Waals surface area contributed by atoms with Crippen LogP contribution in [0.2, 0.25) is 5.02 Å². The number of benzene rings is 1. The molecule has 0 unspecified atom stereocenters. The smallest absolute Gasteiger partial charge is 0.267 e. The van der Waals surface area contributed by atoms with Crippen LogP contribution in [0, 0.1) is 6.92 Å². The predicted octanol–water partition coefficient (Wildman–Crippen LogP) is 4.63. The number of anilines is 3. The number of thiazole rings is 1. The molecule has 0 fully saturated rings. The summed E-state index contributed by atoms with van der Waals surface area (Å²) in [4.78, 5) is 25.1. The molecule has 0 radical (unpaired) electrons. The number of nitrogens with zero attached hydrogens (tertiary/aromatic N) is 3. The molecule has 2 aromatic heterocycles. The first-order valence-electron chi connectivity index (χ1n) is 7.64. The highest BCUT2D eigenvalue weighted by atomic mass is 35.5. The van der Waals surface area contributed by atoms with Gasteiger partial charge in [0.2, 0.25) is 0 Å². The number of halogens is 2. The number of carbonyl (C=O) groups excluding carboxylic acids is 1. The predicted molar refractivity (Wildman–Crippen MR) is 101 cm³/mol. The van der Waals surface area contributed by atoms with E-state index < -0.39 is 0 Å². The average molecular weight is 395 g/mol. The largest absolute Gasteiger partial charge is 0.320 e. The van der Waals surface area contributed by atoms with Gasteiger partial charge in [-0.05, 0) is 18.6 Å². The molecule has 128 valence electrons. The number of nitrogens with one attached hydrogen (secondary N) is 2. The van der Waals surface area contributed by atoms with Gasteiger partial charge in [-0.25, -0.2) is 15.0 Å². The zero-order chi connectivity index (χ0) is 18.7. The van der Waals surface area contributed by atoms with E-state index in [0.717, 1.165) is 0 Å². The average Bonchev–Trinajstić information content (AvgIpc) is 3.06. The fraction of sp³-hybridized carbons (Fsp3) is 0.125. The zero-order valence-electron chi connectivity index (χ0n) is 14.0. The first kappa shape index (κ1) is 16.3. The molecular weight excluding hydrogens is 381 g/mol. The Kier molecular flexibility index (Phi) is 5.06. The van der Waals surface area contributed by atoms with Crippen molar-refractivity contribution < 1.29 is 6.17 Å². The molecule has 1 amide bonds. The van der Waals surface area contributed by atoms with Crippen LogP contribution in [0.1, 0.15) is 22.3 Å². The van der Waals surface area contributed by atoms with Crippen LogP contribution in [0.4, 0.5) is 16.6 Å². The maximum absolute atomic E-state index is 12.5. The lowest BCUT2D eigenvalue weighted by molar-refractivity contribution is 0.103. The van der Waals surface area contributed by atoms with E-state index in [1.54, 1.807) is 19.1 Å². The van der Waals surface area contributed by atoms with Crippen molar-refractivity contribution >= 4 is 57.1 Å². The number of hydrogen-bond donors (Lipinski definition) is 2. The third-order valence-electron chi connectivity index (χ3n) is 3.21. The van der Waals surface area contributed by atoms with Crippen LogP contribution in [0.15, 0.2) is 36.8 Å². The number of rotatable bonds is 5. The van der Waals surface area contributed by atoms with Gasteiger partial charge in [0, 0.05) is 6.07 Å². The topological polar surface area (TPSA) is 79.8 Å². The lowest BCUT2D eigenvalue weighted by Crippen LogP contribution is -2.11. The van der Waals surface area contributed by atoms with Gasteiger partial charge in [0.05, 0.1) is 29.9 Å². The van der Waals surface area contributed by atoms with E-state index >= 15 is 0 Å². The fourth-order valence-corrected chi connectivity index (χ4v) is 3.12. The van der Waals surface area contributed by atoms with Crippen molar-refractivity contribution in [1.29, 1.82) is 0 Å². The third kappa shape index (κ3) is 4.25. The summed E-state index contributed by atoms with van der Waals surface area (Å²) >= 11 is 13.1. The van der Waals surface area contributed by atoms with Gasteiger partial charge in [-0.2, -0.15) is 0 Å². The summed E-state index contributed by atoms with van der Waals surface area (Å²) in [7, 11) is 0. The Hall–Kier alpha value is -2.22. The Bertz CT molecular complexity index is 942. The van der Waals surface area contributed by atoms with Crippen LogP contribution in [-0.2, 0) is 5.88 Å². The molecule has 0 aliphatic rings. The second kappa shape index (κ2) is 7.77. The van der Waals surface area contributed by atoms with Crippen LogP contribution in [0.3, 0.4) is 0 Å². The molecule has 0 saturated carbocycles. The molecule has 3 aromatic rings. The molecular formula is C16H13Cl2N5OS. The van der Waals surface area contributed by atoms with E-state index in [1.807, 2.05) is 0 Å². The van der Waals surface area contributed by atoms with Gasteiger partial charge >= 0.3 is 0 Å². The molecule has 25 heavy (non-hydrogen) atoms. The Morgan fingerprint density at radius 3 is 2.96 bits per heavy atom. The van der Waals surface area contributed by atoms with E-state index in [2.05, 4.69) is 25.6 Å². The van der Waals surface area contributed by atoms with Crippen LogP contribution in [0.25, 0.3) is 0 Å². The zero-order valence-corrected chi connectivity index (χ0v) is 15.3. The van der Waals surface area contributed by atoms with Gasteiger partial charge in [-0.3, -0.25) is 4.79 Å². The number of para-hydroxylation sites is 1. The quantitative estimate of drug-likeness (QED) is 0.616. The third-order valence-corrected chi connectivity index (χ3v) is 4.69. The maximum Gasteiger partial charge on any atom is 0.267 e. The number of alkyl halides is 1. The minimum Gasteiger partial charge on any atom is -0.320 e. The van der Waals surface area contributed by atoms with E-state index in [4.69, 9.17) is 24.6 Å². The van der Waals surface area contributed by atoms with Gasteiger partial charge in [0.15, 0.2) is 5.13 Å². The summed E-state index contributed by atoms with van der Waals surface area (Å²) in [5.41, 5.74) is 1.88. The molecule has 3 rings (SSSR count). The van der Waals surface area contributed by atoms with Gasteiger partial charge in [-0.15, -0.1) is 11.6 Å². The monoisotopic (exact) mass is 394 g/mol. The Balaban J connectivity index is 1.74. The van der Waals surface area contributed by atoms with Crippen LogP contribution < -0.4 is 10.6 Å². The van der Waals surface area contributed by atoms with Crippen molar-refractivity contribution in [2.45, 2.75) is 12.8 Å². The summed E-state index contributed by atoms with van der Waals surface area (Å²) in [5, 5.41) is 6.61. The number of aromatic nitrogens is 3. The van der Waals surface area contributed by atoms with E-state index in [9.17, 15) is 4.79 Å². The molecule has 0 bridgehead atoms. The summed E-state index contributed by atoms with van der Waals surface area (Å²) in [6.07, 6.45) is 2.87. The van der Waals surface area contributed by atoms with Crippen molar-refractivity contribution in [3.8, 4) is 0 Å². The van der Waals surface area contributed by atoms with Gasteiger partial charge in [0.1, 0.15) is 17.0 Å². The number of hydrogen-bond acceptors (Lipinski definition) is 6. The standard InChI is InChI=1S/C16H13Cl2N5OS/c1-9-3-2-4-11(18)14(9)23-15(24)12-7-19-16(25-12)22-13-5-10(6-17)20-8-21-13/h2-5,7-8H,6H2,1H3,(H,23,24)(H,19,20,21,22)/i2D. The first-order chi connectivity index (χ1) is 12.5. The van der Waals surface area contributed by atoms with E-state index in [0.29, 0.717) is 37.8 Å². The first-order valence-corrected chi connectivity index (χ1v) is 8.87. The SMILES string of the molecule is [2H]c1cc(C)c(NC(=O)c2cnc(Nc3cc(CCl)ncn3)s2)c(Cl)c1. The van der Waals surface area contributed by atoms with Crippen molar-refractivity contribution in [2.75, 3.05) is 10.6 Å². The molecule has 6 nitrogen and oxygen atoms in total. The maximum atomic E-state index is 12.5.